The van der Waals surface area contributed by atoms with Crippen molar-refractivity contribution in [1.29, 1.82) is 0 Å². The van der Waals surface area contributed by atoms with E-state index in [1.807, 2.05) is 30.3 Å². The molecule has 188 valence electrons. The Morgan fingerprint density at radius 3 is 1.89 bits per heavy atom. The lowest BCUT2D eigenvalue weighted by Gasteiger charge is -2.34. The maximum absolute atomic E-state index is 11.6. The summed E-state index contributed by atoms with van der Waals surface area (Å²) in [7, 11) is 3.38. The van der Waals surface area contributed by atoms with E-state index in [0.717, 1.165) is 28.0 Å². The van der Waals surface area contributed by atoms with Crippen LogP contribution >= 0.6 is 0 Å². The van der Waals surface area contributed by atoms with Gasteiger partial charge in [0, 0.05) is 6.92 Å². The zero-order chi connectivity index (χ0) is 26.4. The monoisotopic (exact) mass is 500 g/mol. The molecule has 0 heterocycles. The summed E-state index contributed by atoms with van der Waals surface area (Å²) in [5, 5.41) is 2.31. The molecule has 1 unspecified atom stereocenters. The van der Waals surface area contributed by atoms with E-state index in [2.05, 4.69) is 73.7 Å². The van der Waals surface area contributed by atoms with Crippen LogP contribution in [0, 0.1) is 6.92 Å². The van der Waals surface area contributed by atoms with Crippen molar-refractivity contribution in [1.82, 2.24) is 0 Å². The Hall–Kier alpha value is -4.57. The van der Waals surface area contributed by atoms with Gasteiger partial charge in [0.15, 0.2) is 0 Å². The Bertz CT molecular complexity index is 1680. The number of benzene rings is 5. The summed E-state index contributed by atoms with van der Waals surface area (Å²) >= 11 is 0. The second kappa shape index (κ2) is 9.07. The molecule has 1 aliphatic rings. The van der Waals surface area contributed by atoms with E-state index in [0.29, 0.717) is 5.75 Å². The van der Waals surface area contributed by atoms with Crippen molar-refractivity contribution in [2.45, 2.75) is 19.3 Å². The number of fused-ring (bicyclic) bond motifs is 5. The van der Waals surface area contributed by atoms with Crippen LogP contribution in [0.25, 0.3) is 21.9 Å². The Balaban J connectivity index is 1.72. The molecule has 0 fully saturated rings. The summed E-state index contributed by atoms with van der Waals surface area (Å²) < 4.78 is 16.4. The lowest BCUT2D eigenvalue weighted by atomic mass is 9.67. The lowest BCUT2D eigenvalue weighted by Crippen LogP contribution is -2.28. The van der Waals surface area contributed by atoms with Gasteiger partial charge in [-0.25, -0.2) is 0 Å². The number of methoxy groups -OCH3 is 2. The lowest BCUT2D eigenvalue weighted by molar-refractivity contribution is -0.131. The van der Waals surface area contributed by atoms with Crippen LogP contribution in [-0.4, -0.2) is 20.2 Å². The number of aryl methyl sites for hydroxylation is 1. The Labute approximate surface area is 222 Å². The molecule has 0 aliphatic heterocycles. The Morgan fingerprint density at radius 2 is 1.26 bits per heavy atom. The van der Waals surface area contributed by atoms with Crippen LogP contribution in [0.5, 0.6) is 17.2 Å². The number of hydrogen-bond donors (Lipinski definition) is 0. The molecule has 38 heavy (non-hydrogen) atoms. The van der Waals surface area contributed by atoms with Gasteiger partial charge < -0.3 is 14.2 Å². The van der Waals surface area contributed by atoms with Crippen molar-refractivity contribution in [2.75, 3.05) is 14.2 Å². The minimum absolute atomic E-state index is 0.337. The topological polar surface area (TPSA) is 44.8 Å². The van der Waals surface area contributed by atoms with Crippen molar-refractivity contribution in [3.8, 4) is 28.4 Å². The van der Waals surface area contributed by atoms with Crippen molar-refractivity contribution in [2.24, 2.45) is 0 Å². The minimum Gasteiger partial charge on any atom is -0.497 e. The van der Waals surface area contributed by atoms with E-state index in [4.69, 9.17) is 14.2 Å². The van der Waals surface area contributed by atoms with E-state index in [9.17, 15) is 4.79 Å². The van der Waals surface area contributed by atoms with Crippen LogP contribution in [0.1, 0.15) is 34.7 Å². The zero-order valence-electron chi connectivity index (χ0n) is 21.9. The summed E-state index contributed by atoms with van der Waals surface area (Å²) in [6, 6.07) is 33.6. The van der Waals surface area contributed by atoms with Gasteiger partial charge in [-0.1, -0.05) is 66.2 Å². The normalized spacial score (nSPS) is 15.6. The molecule has 0 spiro atoms. The SMILES string of the molecule is COc1ccc(C2(c3ccc(OC(C)=O)cc3)c3ccc(C)cc3-c3c2ccc2cc(OC)ccc32)cc1. The maximum atomic E-state index is 11.6. The number of esters is 1. The molecule has 0 saturated carbocycles. The fourth-order valence-corrected chi connectivity index (χ4v) is 5.94. The molecule has 0 aromatic heterocycles. The van der Waals surface area contributed by atoms with E-state index < -0.39 is 5.41 Å². The Morgan fingerprint density at radius 1 is 0.658 bits per heavy atom. The molecule has 0 radical (unpaired) electrons. The summed E-state index contributed by atoms with van der Waals surface area (Å²) in [4.78, 5) is 11.6. The molecule has 4 heteroatoms. The van der Waals surface area contributed by atoms with Crippen LogP contribution in [-0.2, 0) is 10.2 Å². The highest BCUT2D eigenvalue weighted by molar-refractivity contribution is 6.04. The quantitative estimate of drug-likeness (QED) is 0.182. The molecular formula is C34H28O4. The second-order valence-corrected chi connectivity index (χ2v) is 9.72. The van der Waals surface area contributed by atoms with Gasteiger partial charge in [0.25, 0.3) is 0 Å². The van der Waals surface area contributed by atoms with Crippen LogP contribution in [0.2, 0.25) is 0 Å². The fourth-order valence-electron chi connectivity index (χ4n) is 5.94. The first-order valence-corrected chi connectivity index (χ1v) is 12.6. The molecule has 0 bridgehead atoms. The van der Waals surface area contributed by atoms with Crippen molar-refractivity contribution in [3.05, 3.63) is 125 Å². The first-order chi connectivity index (χ1) is 18.4. The summed E-state index contributed by atoms with van der Waals surface area (Å²) in [5.74, 6) is 1.83. The first kappa shape index (κ1) is 23.8. The van der Waals surface area contributed by atoms with E-state index in [1.54, 1.807) is 14.2 Å². The van der Waals surface area contributed by atoms with Gasteiger partial charge in [-0.2, -0.15) is 0 Å². The predicted octanol–water partition coefficient (Wildman–Crippen LogP) is 7.45. The third-order valence-corrected chi connectivity index (χ3v) is 7.55. The van der Waals surface area contributed by atoms with Gasteiger partial charge in [0.1, 0.15) is 17.2 Å². The highest BCUT2D eigenvalue weighted by Crippen LogP contribution is 2.58. The minimum atomic E-state index is -0.576. The molecule has 0 amide bonds. The number of carbonyl (C=O) groups excluding carboxylic acids is 1. The van der Waals surface area contributed by atoms with Gasteiger partial charge in [-0.05, 0) is 87.5 Å². The smallest absolute Gasteiger partial charge is 0.308 e. The molecule has 6 rings (SSSR count). The third-order valence-electron chi connectivity index (χ3n) is 7.55. The molecule has 0 N–H and O–H groups in total. The molecule has 5 aromatic rings. The highest BCUT2D eigenvalue weighted by Gasteiger charge is 2.46. The molecule has 1 atom stereocenters. The van der Waals surface area contributed by atoms with Gasteiger partial charge in [0.05, 0.1) is 19.6 Å². The number of hydrogen-bond acceptors (Lipinski definition) is 4. The van der Waals surface area contributed by atoms with Crippen LogP contribution in [0.3, 0.4) is 0 Å². The van der Waals surface area contributed by atoms with Crippen LogP contribution < -0.4 is 14.2 Å². The molecular weight excluding hydrogens is 472 g/mol. The summed E-state index contributed by atoms with van der Waals surface area (Å²) in [5.41, 5.74) is 7.72. The van der Waals surface area contributed by atoms with Gasteiger partial charge >= 0.3 is 5.97 Å². The van der Waals surface area contributed by atoms with E-state index in [-0.39, 0.29) is 5.97 Å². The largest absolute Gasteiger partial charge is 0.497 e. The molecule has 5 aromatic carbocycles. The summed E-state index contributed by atoms with van der Waals surface area (Å²) in [6.45, 7) is 3.55. The fraction of sp³-hybridized carbons (Fsp3) is 0.147. The van der Waals surface area contributed by atoms with Crippen LogP contribution in [0.15, 0.2) is 97.1 Å². The highest BCUT2D eigenvalue weighted by atomic mass is 16.5. The van der Waals surface area contributed by atoms with Gasteiger partial charge in [-0.3, -0.25) is 4.79 Å². The molecule has 4 nitrogen and oxygen atoms in total. The maximum Gasteiger partial charge on any atom is 0.308 e. The molecule has 1 aliphatic carbocycles. The number of rotatable bonds is 5. The average Bonchev–Trinajstić information content (AvgIpc) is 3.23. The van der Waals surface area contributed by atoms with E-state index >= 15 is 0 Å². The number of carbonyl (C=O) groups is 1. The van der Waals surface area contributed by atoms with Crippen molar-refractivity contribution in [3.63, 3.8) is 0 Å². The molecule has 0 saturated heterocycles. The van der Waals surface area contributed by atoms with Gasteiger partial charge in [0.2, 0.25) is 0 Å². The van der Waals surface area contributed by atoms with E-state index in [1.165, 1.54) is 40.1 Å². The average molecular weight is 501 g/mol. The zero-order valence-corrected chi connectivity index (χ0v) is 21.9. The summed E-state index contributed by atoms with van der Waals surface area (Å²) in [6.07, 6.45) is 0. The van der Waals surface area contributed by atoms with Gasteiger partial charge in [-0.15, -0.1) is 0 Å². The second-order valence-electron chi connectivity index (χ2n) is 9.72. The third kappa shape index (κ3) is 3.56. The Kier molecular flexibility index (Phi) is 5.68. The van der Waals surface area contributed by atoms with Crippen molar-refractivity contribution >= 4 is 16.7 Å². The first-order valence-electron chi connectivity index (χ1n) is 12.6. The standard InChI is InChI=1S/C34H28O4/c1-21-5-17-31-30(19-21)33-29-16-15-28(37-4)20-23(29)6-18-32(33)34(31,24-7-11-26(36-3)12-8-24)25-9-13-27(14-10-25)38-22(2)35/h5-20H,1-4H3. The van der Waals surface area contributed by atoms with Crippen LogP contribution in [0.4, 0.5) is 0 Å². The number of ether oxygens (including phenoxy) is 3. The van der Waals surface area contributed by atoms with Crippen molar-refractivity contribution < 1.29 is 19.0 Å². The predicted molar refractivity (Wildman–Crippen MR) is 150 cm³/mol.